The van der Waals surface area contributed by atoms with Gasteiger partial charge in [-0.3, -0.25) is 0 Å². The van der Waals surface area contributed by atoms with Crippen LogP contribution in [-0.2, 0) is 0 Å². The average molecular weight is 359 g/mol. The maximum atomic E-state index is 12.9. The largest absolute Gasteiger partial charge is 0.370 e. The fraction of sp³-hybridized carbons (Fsp3) is 0.727. The highest BCUT2D eigenvalue weighted by Crippen LogP contribution is 2.38. The first-order valence-electron chi connectivity index (χ1n) is 5.45. The number of nitrogens with one attached hydrogen (secondary N) is 1. The van der Waals surface area contributed by atoms with E-state index in [0.29, 0.717) is 25.5 Å². The summed E-state index contributed by atoms with van der Waals surface area (Å²) in [7, 11) is 0. The second-order valence-electron chi connectivity index (χ2n) is 4.50. The number of hydrogen-bond acceptors (Lipinski definition) is 1. The zero-order valence-electron chi connectivity index (χ0n) is 10.0. The van der Waals surface area contributed by atoms with Crippen LogP contribution in [0.5, 0.6) is 0 Å². The lowest BCUT2D eigenvalue weighted by Crippen LogP contribution is -2.35. The van der Waals surface area contributed by atoms with E-state index in [9.17, 15) is 8.78 Å². The molecule has 0 aliphatic heterocycles. The summed E-state index contributed by atoms with van der Waals surface area (Å²) in [6.45, 7) is 6.49. The van der Waals surface area contributed by atoms with Crippen molar-refractivity contribution in [2.24, 2.45) is 16.6 Å². The number of nitrogens with two attached hydrogens (primary N) is 1. The van der Waals surface area contributed by atoms with Gasteiger partial charge in [-0.25, -0.2) is 13.8 Å². The van der Waals surface area contributed by atoms with Crippen LogP contribution in [0.15, 0.2) is 17.1 Å². The minimum atomic E-state index is -2.49. The Kier molecular flexibility index (Phi) is 6.96. The predicted molar refractivity (Wildman–Crippen MR) is 77.0 cm³/mol. The van der Waals surface area contributed by atoms with E-state index in [1.807, 2.05) is 6.92 Å². The highest BCUT2D eigenvalue weighted by atomic mass is 127. The van der Waals surface area contributed by atoms with Crippen LogP contribution < -0.4 is 11.1 Å². The number of hydrogen-bond donors (Lipinski definition) is 2. The van der Waals surface area contributed by atoms with Crippen LogP contribution in [0.2, 0.25) is 0 Å². The molecule has 1 rings (SSSR count). The molecule has 1 aliphatic rings. The molecule has 17 heavy (non-hydrogen) atoms. The Morgan fingerprint density at radius 3 is 2.71 bits per heavy atom. The fourth-order valence-corrected chi connectivity index (χ4v) is 1.74. The molecule has 0 aromatic heterocycles. The number of halogens is 3. The Balaban J connectivity index is 0.00000256. The van der Waals surface area contributed by atoms with Gasteiger partial charge >= 0.3 is 0 Å². The summed E-state index contributed by atoms with van der Waals surface area (Å²) >= 11 is 0. The topological polar surface area (TPSA) is 50.4 Å². The van der Waals surface area contributed by atoms with Gasteiger partial charge in [0, 0.05) is 19.4 Å². The summed E-state index contributed by atoms with van der Waals surface area (Å²) in [6.07, 6.45) is 0.490. The summed E-state index contributed by atoms with van der Waals surface area (Å²) < 4.78 is 25.7. The van der Waals surface area contributed by atoms with Crippen LogP contribution in [0.3, 0.4) is 0 Å². The molecule has 1 fully saturated rings. The van der Waals surface area contributed by atoms with Gasteiger partial charge in [0.1, 0.15) is 0 Å². The molecule has 0 aromatic carbocycles. The third kappa shape index (κ3) is 6.80. The molecule has 0 amide bonds. The first-order chi connectivity index (χ1) is 7.39. The standard InChI is InChI=1S/C11H19F2N3.HI/c1-8(2)6-15-10(14)16-7-9-3-4-11(12,13)5-9;/h9H,1,3-7H2,2H3,(H3,14,15,16);1H. The van der Waals surface area contributed by atoms with Crippen LogP contribution in [0.4, 0.5) is 8.78 Å². The third-order valence-corrected chi connectivity index (χ3v) is 2.60. The van der Waals surface area contributed by atoms with E-state index in [2.05, 4.69) is 16.9 Å². The summed E-state index contributed by atoms with van der Waals surface area (Å²) in [5.41, 5.74) is 6.49. The van der Waals surface area contributed by atoms with Crippen LogP contribution in [0.1, 0.15) is 26.2 Å². The van der Waals surface area contributed by atoms with E-state index in [4.69, 9.17) is 5.73 Å². The fourth-order valence-electron chi connectivity index (χ4n) is 1.74. The number of nitrogens with zero attached hydrogens (tertiary/aromatic N) is 1. The lowest BCUT2D eigenvalue weighted by atomic mass is 10.1. The van der Waals surface area contributed by atoms with Crippen LogP contribution in [0, 0.1) is 5.92 Å². The Hall–Kier alpha value is -0.400. The third-order valence-electron chi connectivity index (χ3n) is 2.60. The molecule has 0 radical (unpaired) electrons. The molecule has 0 saturated heterocycles. The molecular weight excluding hydrogens is 339 g/mol. The molecule has 100 valence electrons. The highest BCUT2D eigenvalue weighted by molar-refractivity contribution is 14.0. The lowest BCUT2D eigenvalue weighted by molar-refractivity contribution is 0.00524. The molecule has 0 bridgehead atoms. The minimum absolute atomic E-state index is 0. The maximum absolute atomic E-state index is 12.9. The number of aliphatic imine (C=N–C) groups is 1. The number of alkyl halides is 2. The van der Waals surface area contributed by atoms with E-state index in [-0.39, 0.29) is 42.7 Å². The minimum Gasteiger partial charge on any atom is -0.370 e. The van der Waals surface area contributed by atoms with E-state index in [1.54, 1.807) is 0 Å². The summed E-state index contributed by atoms with van der Waals surface area (Å²) in [5.74, 6) is -2.19. The molecule has 3 N–H and O–H groups in total. The Morgan fingerprint density at radius 2 is 2.24 bits per heavy atom. The molecule has 1 aliphatic carbocycles. The molecule has 0 spiro atoms. The van der Waals surface area contributed by atoms with Crippen molar-refractivity contribution in [2.75, 3.05) is 13.1 Å². The normalized spacial score (nSPS) is 23.0. The van der Waals surface area contributed by atoms with Crippen LogP contribution >= 0.6 is 24.0 Å². The Morgan fingerprint density at radius 1 is 1.59 bits per heavy atom. The van der Waals surface area contributed by atoms with Gasteiger partial charge in [-0.1, -0.05) is 12.2 Å². The van der Waals surface area contributed by atoms with Gasteiger partial charge in [0.2, 0.25) is 5.92 Å². The summed E-state index contributed by atoms with van der Waals surface area (Å²) in [4.78, 5) is 4.02. The van der Waals surface area contributed by atoms with Crippen molar-refractivity contribution in [3.05, 3.63) is 12.2 Å². The van der Waals surface area contributed by atoms with Crippen LogP contribution in [0.25, 0.3) is 0 Å². The monoisotopic (exact) mass is 359 g/mol. The van der Waals surface area contributed by atoms with Gasteiger partial charge in [-0.15, -0.1) is 24.0 Å². The van der Waals surface area contributed by atoms with E-state index >= 15 is 0 Å². The second-order valence-corrected chi connectivity index (χ2v) is 4.50. The van der Waals surface area contributed by atoms with Gasteiger partial charge in [-0.2, -0.15) is 0 Å². The molecule has 6 heteroatoms. The first kappa shape index (κ1) is 16.6. The molecular formula is C11H20F2IN3. The zero-order chi connectivity index (χ0) is 12.2. The summed E-state index contributed by atoms with van der Waals surface area (Å²) in [6, 6.07) is 0. The van der Waals surface area contributed by atoms with Crippen molar-refractivity contribution >= 4 is 29.9 Å². The smallest absolute Gasteiger partial charge is 0.248 e. The SMILES string of the molecule is C=C(C)CN=C(N)NCC1CCC(F)(F)C1.I. The van der Waals surface area contributed by atoms with Gasteiger partial charge in [0.15, 0.2) is 5.96 Å². The molecule has 0 aromatic rings. The molecule has 0 heterocycles. The van der Waals surface area contributed by atoms with E-state index < -0.39 is 5.92 Å². The van der Waals surface area contributed by atoms with Gasteiger partial charge < -0.3 is 11.1 Å². The molecule has 3 nitrogen and oxygen atoms in total. The average Bonchev–Trinajstić information content (AvgIpc) is 2.52. The molecule has 1 atom stereocenters. The van der Waals surface area contributed by atoms with Crippen molar-refractivity contribution < 1.29 is 8.78 Å². The predicted octanol–water partition coefficient (Wildman–Crippen LogP) is 2.52. The number of guanidine groups is 1. The van der Waals surface area contributed by atoms with Gasteiger partial charge in [-0.05, 0) is 19.3 Å². The summed E-state index contributed by atoms with van der Waals surface area (Å²) in [5, 5.41) is 2.87. The zero-order valence-corrected chi connectivity index (χ0v) is 12.3. The van der Waals surface area contributed by atoms with Crippen molar-refractivity contribution in [2.45, 2.75) is 32.1 Å². The molecule has 1 saturated carbocycles. The van der Waals surface area contributed by atoms with Gasteiger partial charge in [0.05, 0.1) is 6.54 Å². The quantitative estimate of drug-likeness (QED) is 0.351. The highest BCUT2D eigenvalue weighted by Gasteiger charge is 2.39. The maximum Gasteiger partial charge on any atom is 0.248 e. The number of rotatable bonds is 4. The van der Waals surface area contributed by atoms with Crippen molar-refractivity contribution in [1.29, 1.82) is 0 Å². The van der Waals surface area contributed by atoms with E-state index in [1.165, 1.54) is 0 Å². The van der Waals surface area contributed by atoms with Crippen molar-refractivity contribution in [3.63, 3.8) is 0 Å². The lowest BCUT2D eigenvalue weighted by Gasteiger charge is -2.12. The molecule has 1 unspecified atom stereocenters. The first-order valence-corrected chi connectivity index (χ1v) is 5.45. The van der Waals surface area contributed by atoms with E-state index in [0.717, 1.165) is 5.57 Å². The second kappa shape index (κ2) is 7.13. The van der Waals surface area contributed by atoms with Crippen molar-refractivity contribution in [1.82, 2.24) is 5.32 Å². The van der Waals surface area contributed by atoms with Gasteiger partial charge in [0.25, 0.3) is 0 Å². The van der Waals surface area contributed by atoms with Crippen molar-refractivity contribution in [3.8, 4) is 0 Å². The Labute approximate surface area is 118 Å². The van der Waals surface area contributed by atoms with Crippen LogP contribution in [-0.4, -0.2) is 25.0 Å². The Bertz CT molecular complexity index is 292.